The van der Waals surface area contributed by atoms with E-state index >= 15 is 0 Å². The molecule has 3 rings (SSSR count). The monoisotopic (exact) mass is 403 g/mol. The zero-order valence-electron chi connectivity index (χ0n) is 10.5. The number of fused-ring (bicyclic) bond motifs is 1. The molecule has 2 heterocycles. The van der Waals surface area contributed by atoms with Gasteiger partial charge in [0.05, 0.1) is 4.70 Å². The molecule has 9 heteroatoms. The number of nitrogens with one attached hydrogen (secondary N) is 1. The quantitative estimate of drug-likeness (QED) is 0.462. The van der Waals surface area contributed by atoms with Gasteiger partial charge in [0.1, 0.15) is 10.5 Å². The predicted molar refractivity (Wildman–Crippen MR) is 85.5 cm³/mol. The maximum Gasteiger partial charge on any atom is 0.195 e. The molecule has 22 heavy (non-hydrogen) atoms. The normalized spacial score (nSPS) is 10.9. The van der Waals surface area contributed by atoms with Crippen molar-refractivity contribution in [3.8, 4) is 0 Å². The molecule has 0 radical (unpaired) electrons. The molecule has 3 nitrogen and oxygen atoms in total. The highest BCUT2D eigenvalue weighted by Gasteiger charge is 2.16. The van der Waals surface area contributed by atoms with E-state index in [1.54, 1.807) is 18.3 Å². The van der Waals surface area contributed by atoms with Crippen LogP contribution in [0.15, 0.2) is 28.9 Å². The molecule has 0 aliphatic heterocycles. The van der Waals surface area contributed by atoms with E-state index in [-0.39, 0.29) is 19.9 Å². The summed E-state index contributed by atoms with van der Waals surface area (Å²) in [6.07, 6.45) is 1.57. The van der Waals surface area contributed by atoms with Crippen molar-refractivity contribution in [3.05, 3.63) is 51.0 Å². The fourth-order valence-electron chi connectivity index (χ4n) is 1.72. The number of pyridine rings is 1. The second-order valence-electron chi connectivity index (χ2n) is 4.17. The molecule has 0 amide bonds. The number of nitrogens with zero attached hydrogens (tertiary/aromatic N) is 2. The average molecular weight is 404 g/mol. The Morgan fingerprint density at radius 3 is 2.64 bits per heavy atom. The average Bonchev–Trinajstić information content (AvgIpc) is 2.49. The Morgan fingerprint density at radius 1 is 1.18 bits per heavy atom. The first kappa shape index (κ1) is 15.3. The molecule has 0 aliphatic carbocycles. The summed E-state index contributed by atoms with van der Waals surface area (Å²) in [7, 11) is 0. The summed E-state index contributed by atoms with van der Waals surface area (Å²) in [5.74, 6) is -3.64. The van der Waals surface area contributed by atoms with Gasteiger partial charge in [-0.1, -0.05) is 23.6 Å². The predicted octanol–water partition coefficient (Wildman–Crippen LogP) is 5.34. The van der Waals surface area contributed by atoms with Crippen molar-refractivity contribution in [2.24, 2.45) is 0 Å². The van der Waals surface area contributed by atoms with Gasteiger partial charge in [0.15, 0.2) is 22.6 Å². The molecule has 1 aromatic carbocycles. The number of aromatic nitrogens is 2. The molecule has 0 saturated heterocycles. The summed E-state index contributed by atoms with van der Waals surface area (Å²) in [4.78, 5) is 8.13. The van der Waals surface area contributed by atoms with Crippen LogP contribution in [0.3, 0.4) is 0 Å². The van der Waals surface area contributed by atoms with Gasteiger partial charge in [-0.25, -0.2) is 23.1 Å². The van der Waals surface area contributed by atoms with Gasteiger partial charge in [-0.05, 0) is 34.1 Å². The second kappa shape index (κ2) is 5.90. The molecule has 3 aromatic rings. The van der Waals surface area contributed by atoms with Crippen LogP contribution in [0, 0.1) is 22.1 Å². The molecule has 0 fully saturated rings. The number of hydrogen-bond acceptors (Lipinski definition) is 5. The summed E-state index contributed by atoms with van der Waals surface area (Å²) in [6, 6.07) is 4.28. The third kappa shape index (κ3) is 2.83. The van der Waals surface area contributed by atoms with Gasteiger partial charge in [-0.3, -0.25) is 0 Å². The number of rotatable bonds is 2. The van der Waals surface area contributed by atoms with E-state index in [1.165, 1.54) is 0 Å². The molecule has 0 unspecified atom stereocenters. The molecule has 0 saturated carbocycles. The van der Waals surface area contributed by atoms with E-state index in [4.69, 9.17) is 12.2 Å². The third-order valence-corrected chi connectivity index (χ3v) is 4.48. The first-order chi connectivity index (χ1) is 10.5. The van der Waals surface area contributed by atoms with Crippen LogP contribution < -0.4 is 5.32 Å². The Bertz CT molecular complexity index is 928. The first-order valence-corrected chi connectivity index (χ1v) is 7.84. The minimum atomic E-state index is -1.53. The van der Waals surface area contributed by atoms with E-state index in [2.05, 4.69) is 31.2 Å². The summed E-state index contributed by atoms with van der Waals surface area (Å²) >= 11 is 9.09. The molecular formula is C13H5BrF3N3S2. The number of anilines is 2. The lowest BCUT2D eigenvalue weighted by atomic mass is 10.2. The van der Waals surface area contributed by atoms with E-state index < -0.39 is 17.5 Å². The number of benzene rings is 1. The first-order valence-electron chi connectivity index (χ1n) is 5.82. The van der Waals surface area contributed by atoms with Crippen molar-refractivity contribution in [2.45, 2.75) is 0 Å². The minimum Gasteiger partial charge on any atom is -0.316 e. The molecule has 1 N–H and O–H groups in total. The standard InChI is InChI=1S/C13H5BrF3N3S2/c14-5-1-2-8(18-4-5)19-13-20-12(21)6-3-7(15)9(16)10(17)11(6)22-13/h1-4H,(H,18,19,20,21). The van der Waals surface area contributed by atoms with Crippen LogP contribution in [0.1, 0.15) is 0 Å². The van der Waals surface area contributed by atoms with Crippen molar-refractivity contribution in [2.75, 3.05) is 5.32 Å². The zero-order chi connectivity index (χ0) is 15.9. The highest BCUT2D eigenvalue weighted by atomic mass is 79.9. The maximum atomic E-state index is 13.9. The van der Waals surface area contributed by atoms with Crippen molar-refractivity contribution in [1.29, 1.82) is 0 Å². The van der Waals surface area contributed by atoms with Crippen LogP contribution in [0.2, 0.25) is 0 Å². The lowest BCUT2D eigenvalue weighted by Crippen LogP contribution is -1.97. The van der Waals surface area contributed by atoms with E-state index in [0.29, 0.717) is 5.82 Å². The Labute approximate surface area is 140 Å². The van der Waals surface area contributed by atoms with E-state index in [1.807, 2.05) is 0 Å². The summed E-state index contributed by atoms with van der Waals surface area (Å²) < 4.78 is 41.2. The number of hydrogen-bond donors (Lipinski definition) is 1. The van der Waals surface area contributed by atoms with Gasteiger partial charge in [0, 0.05) is 16.1 Å². The van der Waals surface area contributed by atoms with Gasteiger partial charge >= 0.3 is 0 Å². The zero-order valence-corrected chi connectivity index (χ0v) is 13.8. The molecule has 0 spiro atoms. The Balaban J connectivity index is 2.12. The van der Waals surface area contributed by atoms with Gasteiger partial charge in [-0.15, -0.1) is 0 Å². The van der Waals surface area contributed by atoms with Crippen LogP contribution in [-0.4, -0.2) is 9.97 Å². The van der Waals surface area contributed by atoms with Gasteiger partial charge in [0.25, 0.3) is 0 Å². The largest absolute Gasteiger partial charge is 0.316 e. The summed E-state index contributed by atoms with van der Waals surface area (Å²) in [5.41, 5.74) is 0. The lowest BCUT2D eigenvalue weighted by Gasteiger charge is -2.06. The minimum absolute atomic E-state index is 0.0221. The van der Waals surface area contributed by atoms with Crippen LogP contribution in [0.4, 0.5) is 24.1 Å². The SMILES string of the molecule is Fc1cc2c(=S)nc(Nc3ccc(Br)cn3)sc2c(F)c1F. The Kier molecular flexibility index (Phi) is 4.11. The molecule has 112 valence electrons. The molecule has 0 bridgehead atoms. The molecular weight excluding hydrogens is 399 g/mol. The van der Waals surface area contributed by atoms with Crippen LogP contribution in [-0.2, 0) is 0 Å². The lowest BCUT2D eigenvalue weighted by molar-refractivity contribution is 0.454. The number of halogens is 4. The third-order valence-electron chi connectivity index (χ3n) is 2.71. The topological polar surface area (TPSA) is 37.8 Å². The van der Waals surface area contributed by atoms with Gasteiger partial charge in [-0.2, -0.15) is 0 Å². The Morgan fingerprint density at radius 2 is 1.95 bits per heavy atom. The van der Waals surface area contributed by atoms with Gasteiger partial charge in [0.2, 0.25) is 0 Å². The molecule has 0 aliphatic rings. The second-order valence-corrected chi connectivity index (χ2v) is 6.48. The summed E-state index contributed by atoms with van der Waals surface area (Å²) in [6.45, 7) is 0. The van der Waals surface area contributed by atoms with Crippen molar-refractivity contribution in [3.63, 3.8) is 0 Å². The van der Waals surface area contributed by atoms with E-state index in [9.17, 15) is 13.2 Å². The van der Waals surface area contributed by atoms with Crippen molar-refractivity contribution < 1.29 is 13.2 Å². The van der Waals surface area contributed by atoms with Crippen LogP contribution in [0.5, 0.6) is 0 Å². The highest BCUT2D eigenvalue weighted by molar-refractivity contribution is 9.10. The maximum absolute atomic E-state index is 13.9. The highest BCUT2D eigenvalue weighted by Crippen LogP contribution is 2.31. The van der Waals surface area contributed by atoms with Crippen molar-refractivity contribution >= 4 is 60.5 Å². The molecule has 0 atom stereocenters. The van der Waals surface area contributed by atoms with E-state index in [0.717, 1.165) is 21.9 Å². The van der Waals surface area contributed by atoms with Gasteiger partial charge < -0.3 is 5.32 Å². The van der Waals surface area contributed by atoms with Crippen LogP contribution in [0.25, 0.3) is 10.1 Å². The fraction of sp³-hybridized carbons (Fsp3) is 0. The van der Waals surface area contributed by atoms with Crippen molar-refractivity contribution in [1.82, 2.24) is 9.97 Å². The Hall–Kier alpha value is -1.58. The smallest absolute Gasteiger partial charge is 0.195 e. The fourth-order valence-corrected chi connectivity index (χ4v) is 3.26. The van der Waals surface area contributed by atoms with Crippen LogP contribution >= 0.6 is 39.5 Å². The summed E-state index contributed by atoms with van der Waals surface area (Å²) in [5, 5.41) is 3.15. The molecule has 2 aromatic heterocycles.